The molecule has 0 aliphatic rings. The van der Waals surface area contributed by atoms with E-state index in [0.29, 0.717) is 10.5 Å². The third-order valence-electron chi connectivity index (χ3n) is 3.18. The zero-order chi connectivity index (χ0) is 14.7. The third-order valence-corrected chi connectivity index (χ3v) is 4.62. The maximum absolute atomic E-state index is 12.3. The number of nitrogens with zero attached hydrogens (tertiary/aromatic N) is 1. The van der Waals surface area contributed by atoms with Crippen LogP contribution in [0.3, 0.4) is 0 Å². The van der Waals surface area contributed by atoms with Crippen LogP contribution in [-0.4, -0.2) is 4.57 Å². The van der Waals surface area contributed by atoms with Crippen LogP contribution in [0.2, 0.25) is 0 Å². The van der Waals surface area contributed by atoms with E-state index in [0.717, 1.165) is 16.0 Å². The minimum absolute atomic E-state index is 0.0542. The van der Waals surface area contributed by atoms with Crippen LogP contribution in [0.25, 0.3) is 10.4 Å². The summed E-state index contributed by atoms with van der Waals surface area (Å²) in [5.41, 5.74) is 2.05. The molecule has 0 bridgehead atoms. The molecular weight excluding hydrogens is 298 g/mol. The van der Waals surface area contributed by atoms with Crippen molar-refractivity contribution in [3.05, 3.63) is 86.6 Å². The largest absolute Gasteiger partial charge is 0.287 e. The third kappa shape index (κ3) is 3.17. The second kappa shape index (κ2) is 6.16. The Bertz CT molecular complexity index is 820. The summed E-state index contributed by atoms with van der Waals surface area (Å²) in [6.45, 7) is 0.518. The maximum Gasteiger partial charge on any atom is 0.253 e. The molecule has 1 aromatic heterocycles. The number of hydrogen-bond acceptors (Lipinski definition) is 3. The maximum atomic E-state index is 12.3. The summed E-state index contributed by atoms with van der Waals surface area (Å²) in [7, 11) is 0. The molecule has 0 atom stereocenters. The fourth-order valence-corrected chi connectivity index (χ4v) is 3.40. The van der Waals surface area contributed by atoms with Gasteiger partial charge in [0.2, 0.25) is 0 Å². The molecular formula is C17H13NOS2. The molecule has 0 N–H and O–H groups in total. The predicted octanol–water partition coefficient (Wildman–Crippen LogP) is 4.35. The standard InChI is InChI=1S/C17H13NOS2/c19-16-11-15(14-9-5-2-6-10-14)21-17(20)18(16)12-13-7-3-1-4-8-13/h1-11H,12H2. The first-order valence-electron chi connectivity index (χ1n) is 6.58. The van der Waals surface area contributed by atoms with Gasteiger partial charge in [0.1, 0.15) is 0 Å². The number of hydrogen-bond donors (Lipinski definition) is 0. The summed E-state index contributed by atoms with van der Waals surface area (Å²) in [6, 6.07) is 21.4. The van der Waals surface area contributed by atoms with Gasteiger partial charge < -0.3 is 0 Å². The van der Waals surface area contributed by atoms with E-state index in [2.05, 4.69) is 0 Å². The van der Waals surface area contributed by atoms with Gasteiger partial charge in [0.05, 0.1) is 6.54 Å². The normalized spacial score (nSPS) is 10.5. The van der Waals surface area contributed by atoms with Crippen molar-refractivity contribution in [3.8, 4) is 10.4 Å². The molecule has 3 aromatic rings. The molecule has 104 valence electrons. The second-order valence-electron chi connectivity index (χ2n) is 4.65. The van der Waals surface area contributed by atoms with Crippen LogP contribution >= 0.6 is 23.6 Å². The fourth-order valence-electron chi connectivity index (χ4n) is 2.11. The molecule has 0 saturated carbocycles. The Morgan fingerprint density at radius 2 is 1.57 bits per heavy atom. The topological polar surface area (TPSA) is 22.0 Å². The summed E-state index contributed by atoms with van der Waals surface area (Å²) in [5.74, 6) is 0. The van der Waals surface area contributed by atoms with Crippen LogP contribution in [0.4, 0.5) is 0 Å². The van der Waals surface area contributed by atoms with Gasteiger partial charge in [-0.05, 0) is 23.3 Å². The van der Waals surface area contributed by atoms with Gasteiger partial charge in [-0.2, -0.15) is 0 Å². The molecule has 0 saturated heterocycles. The Kier molecular flexibility index (Phi) is 4.08. The van der Waals surface area contributed by atoms with Crippen LogP contribution in [-0.2, 0) is 6.54 Å². The van der Waals surface area contributed by atoms with E-state index in [1.54, 1.807) is 10.6 Å². The highest BCUT2D eigenvalue weighted by molar-refractivity contribution is 7.73. The van der Waals surface area contributed by atoms with Crippen molar-refractivity contribution in [1.29, 1.82) is 0 Å². The van der Waals surface area contributed by atoms with Crippen molar-refractivity contribution in [1.82, 2.24) is 4.57 Å². The Hall–Kier alpha value is -2.04. The van der Waals surface area contributed by atoms with E-state index in [-0.39, 0.29) is 5.56 Å². The summed E-state index contributed by atoms with van der Waals surface area (Å²) < 4.78 is 2.24. The smallest absolute Gasteiger partial charge is 0.253 e. The molecule has 2 nitrogen and oxygen atoms in total. The average molecular weight is 311 g/mol. The molecule has 21 heavy (non-hydrogen) atoms. The molecule has 0 aliphatic carbocycles. The van der Waals surface area contributed by atoms with Crippen LogP contribution in [0.15, 0.2) is 71.5 Å². The summed E-state index contributed by atoms with van der Waals surface area (Å²) in [5, 5.41) is 0. The predicted molar refractivity (Wildman–Crippen MR) is 90.4 cm³/mol. The van der Waals surface area contributed by atoms with Gasteiger partial charge in [-0.15, -0.1) is 11.3 Å². The van der Waals surface area contributed by atoms with Crippen molar-refractivity contribution in [3.63, 3.8) is 0 Å². The minimum atomic E-state index is -0.0542. The highest BCUT2D eigenvalue weighted by atomic mass is 32.1. The molecule has 0 fully saturated rings. The highest BCUT2D eigenvalue weighted by Crippen LogP contribution is 2.22. The van der Waals surface area contributed by atoms with Crippen molar-refractivity contribution in [2.75, 3.05) is 0 Å². The molecule has 3 rings (SSSR count). The lowest BCUT2D eigenvalue weighted by molar-refractivity contribution is 0.762. The van der Waals surface area contributed by atoms with Gasteiger partial charge >= 0.3 is 0 Å². The van der Waals surface area contributed by atoms with Gasteiger partial charge in [-0.3, -0.25) is 9.36 Å². The van der Waals surface area contributed by atoms with E-state index in [9.17, 15) is 4.79 Å². The Balaban J connectivity index is 2.02. The number of rotatable bonds is 3. The van der Waals surface area contributed by atoms with Gasteiger partial charge in [-0.25, -0.2) is 0 Å². The lowest BCUT2D eigenvalue weighted by atomic mass is 10.2. The van der Waals surface area contributed by atoms with Crippen molar-refractivity contribution >= 4 is 23.6 Å². The highest BCUT2D eigenvalue weighted by Gasteiger charge is 2.05. The Labute approximate surface area is 132 Å². The van der Waals surface area contributed by atoms with Gasteiger partial charge in [0.15, 0.2) is 3.95 Å². The van der Waals surface area contributed by atoms with E-state index >= 15 is 0 Å². The van der Waals surface area contributed by atoms with Crippen molar-refractivity contribution in [2.24, 2.45) is 0 Å². The first-order chi connectivity index (χ1) is 10.2. The van der Waals surface area contributed by atoms with Crippen LogP contribution in [0.1, 0.15) is 5.56 Å². The first-order valence-corrected chi connectivity index (χ1v) is 7.81. The van der Waals surface area contributed by atoms with Gasteiger partial charge in [0, 0.05) is 10.9 Å². The Morgan fingerprint density at radius 3 is 2.19 bits per heavy atom. The molecule has 0 aliphatic heterocycles. The summed E-state index contributed by atoms with van der Waals surface area (Å²) >= 11 is 6.88. The SMILES string of the molecule is O=c1cc(-c2ccccc2)sc(=S)n1Cc1ccccc1. The zero-order valence-electron chi connectivity index (χ0n) is 11.2. The monoisotopic (exact) mass is 311 g/mol. The lowest BCUT2D eigenvalue weighted by Crippen LogP contribution is -2.19. The molecule has 0 radical (unpaired) electrons. The van der Waals surface area contributed by atoms with Gasteiger partial charge in [0.25, 0.3) is 5.56 Å². The molecule has 0 amide bonds. The van der Waals surface area contributed by atoms with E-state index in [1.807, 2.05) is 60.7 Å². The summed E-state index contributed by atoms with van der Waals surface area (Å²) in [4.78, 5) is 13.3. The quantitative estimate of drug-likeness (QED) is 0.671. The van der Waals surface area contributed by atoms with Gasteiger partial charge in [-0.1, -0.05) is 60.7 Å². The summed E-state index contributed by atoms with van der Waals surface area (Å²) in [6.07, 6.45) is 0. The molecule has 0 spiro atoms. The second-order valence-corrected chi connectivity index (χ2v) is 6.33. The zero-order valence-corrected chi connectivity index (χ0v) is 12.9. The molecule has 4 heteroatoms. The Morgan fingerprint density at radius 1 is 0.952 bits per heavy atom. The van der Waals surface area contributed by atoms with E-state index < -0.39 is 0 Å². The fraction of sp³-hybridized carbons (Fsp3) is 0.0588. The minimum Gasteiger partial charge on any atom is -0.287 e. The average Bonchev–Trinajstić information content (AvgIpc) is 2.52. The van der Waals surface area contributed by atoms with Crippen LogP contribution in [0, 0.1) is 3.95 Å². The molecule has 0 unspecified atom stereocenters. The number of aromatic nitrogens is 1. The number of benzene rings is 2. The van der Waals surface area contributed by atoms with Crippen LogP contribution < -0.4 is 5.56 Å². The molecule has 1 heterocycles. The first kappa shape index (κ1) is 13.9. The molecule has 2 aromatic carbocycles. The lowest BCUT2D eigenvalue weighted by Gasteiger charge is -2.07. The van der Waals surface area contributed by atoms with Crippen LogP contribution in [0.5, 0.6) is 0 Å². The van der Waals surface area contributed by atoms with Crippen molar-refractivity contribution < 1.29 is 0 Å². The van der Waals surface area contributed by atoms with E-state index in [1.165, 1.54) is 11.3 Å². The van der Waals surface area contributed by atoms with Crippen molar-refractivity contribution in [2.45, 2.75) is 6.54 Å². The van der Waals surface area contributed by atoms with E-state index in [4.69, 9.17) is 12.2 Å².